The summed E-state index contributed by atoms with van der Waals surface area (Å²) in [5, 5.41) is 0. The van der Waals surface area contributed by atoms with Gasteiger partial charge in [0.1, 0.15) is 11.4 Å². The van der Waals surface area contributed by atoms with E-state index in [-0.39, 0.29) is 0 Å². The maximum absolute atomic E-state index is 13.0. The molecule has 2 heterocycles. The van der Waals surface area contributed by atoms with Crippen LogP contribution in [-0.4, -0.2) is 43.0 Å². The van der Waals surface area contributed by atoms with Gasteiger partial charge in [0.2, 0.25) is 0 Å². The summed E-state index contributed by atoms with van der Waals surface area (Å²) >= 11 is 0. The fraction of sp³-hybridized carbons (Fsp3) is 0.478. The van der Waals surface area contributed by atoms with E-state index in [9.17, 15) is 4.79 Å². The van der Waals surface area contributed by atoms with E-state index in [4.69, 9.17) is 9.47 Å². The van der Waals surface area contributed by atoms with Gasteiger partial charge in [0, 0.05) is 25.0 Å². The van der Waals surface area contributed by atoms with Crippen LogP contribution in [-0.2, 0) is 16.0 Å². The molecule has 156 valence electrons. The molecular formula is C23H31N3O3. The fourth-order valence-corrected chi connectivity index (χ4v) is 3.42. The zero-order valence-corrected chi connectivity index (χ0v) is 18.1. The first-order valence-corrected chi connectivity index (χ1v) is 10.1. The molecule has 0 spiro atoms. The molecule has 1 aromatic heterocycles. The molecule has 1 fully saturated rings. The lowest BCUT2D eigenvalue weighted by molar-refractivity contribution is 0.0576. The summed E-state index contributed by atoms with van der Waals surface area (Å²) in [6.07, 6.45) is 1.31. The van der Waals surface area contributed by atoms with Crippen molar-refractivity contribution in [3.8, 4) is 0 Å². The van der Waals surface area contributed by atoms with Crippen molar-refractivity contribution in [2.75, 3.05) is 36.1 Å². The third-order valence-electron chi connectivity index (χ3n) is 4.69. The van der Waals surface area contributed by atoms with Crippen LogP contribution in [0.3, 0.4) is 0 Å². The minimum Gasteiger partial charge on any atom is -0.443 e. The Morgan fingerprint density at radius 3 is 2.59 bits per heavy atom. The van der Waals surface area contributed by atoms with Crippen molar-refractivity contribution in [3.63, 3.8) is 0 Å². The Labute approximate surface area is 173 Å². The molecule has 0 bridgehead atoms. The number of benzene rings is 1. The summed E-state index contributed by atoms with van der Waals surface area (Å²) < 4.78 is 11.2. The van der Waals surface area contributed by atoms with E-state index >= 15 is 0 Å². The number of rotatable bonds is 4. The van der Waals surface area contributed by atoms with Gasteiger partial charge in [-0.2, -0.15) is 0 Å². The molecule has 0 aliphatic carbocycles. The molecular weight excluding hydrogens is 366 g/mol. The highest BCUT2D eigenvalue weighted by Crippen LogP contribution is 2.25. The first-order valence-electron chi connectivity index (χ1n) is 10.1. The predicted octanol–water partition coefficient (Wildman–Crippen LogP) is 4.48. The van der Waals surface area contributed by atoms with E-state index in [1.54, 1.807) is 11.1 Å². The van der Waals surface area contributed by atoms with Gasteiger partial charge in [0.15, 0.2) is 0 Å². The van der Waals surface area contributed by atoms with Crippen LogP contribution in [0, 0.1) is 13.8 Å². The van der Waals surface area contributed by atoms with E-state index in [0.717, 1.165) is 48.7 Å². The zero-order valence-electron chi connectivity index (χ0n) is 18.1. The van der Waals surface area contributed by atoms with Crippen LogP contribution in [0.1, 0.15) is 37.5 Å². The van der Waals surface area contributed by atoms with Gasteiger partial charge in [0.25, 0.3) is 0 Å². The Morgan fingerprint density at radius 2 is 1.93 bits per heavy atom. The number of morpholine rings is 1. The first-order chi connectivity index (χ1) is 13.7. The average molecular weight is 398 g/mol. The van der Waals surface area contributed by atoms with E-state index < -0.39 is 11.7 Å². The second-order valence-electron chi connectivity index (χ2n) is 8.49. The van der Waals surface area contributed by atoms with Crippen molar-refractivity contribution in [3.05, 3.63) is 53.2 Å². The highest BCUT2D eigenvalue weighted by Gasteiger charge is 2.26. The quantitative estimate of drug-likeness (QED) is 0.762. The Balaban J connectivity index is 1.92. The van der Waals surface area contributed by atoms with Gasteiger partial charge < -0.3 is 14.4 Å². The number of carbonyl (C=O) groups excluding carboxylic acids is 1. The number of anilines is 2. The van der Waals surface area contributed by atoms with Crippen LogP contribution in [0.25, 0.3) is 0 Å². The topological polar surface area (TPSA) is 54.9 Å². The molecule has 1 aliphatic heterocycles. The molecule has 0 N–H and O–H groups in total. The second-order valence-corrected chi connectivity index (χ2v) is 8.49. The lowest BCUT2D eigenvalue weighted by Crippen LogP contribution is -2.38. The monoisotopic (exact) mass is 397 g/mol. The number of hydrogen-bond acceptors (Lipinski definition) is 5. The number of aromatic nitrogens is 1. The van der Waals surface area contributed by atoms with Crippen molar-refractivity contribution >= 4 is 17.6 Å². The zero-order chi connectivity index (χ0) is 21.0. The summed E-state index contributed by atoms with van der Waals surface area (Å²) in [4.78, 5) is 21.4. The molecule has 1 aromatic carbocycles. The van der Waals surface area contributed by atoms with Gasteiger partial charge >= 0.3 is 6.09 Å². The summed E-state index contributed by atoms with van der Waals surface area (Å²) in [5.74, 6) is 0.621. The maximum atomic E-state index is 13.0. The number of pyridine rings is 1. The van der Waals surface area contributed by atoms with E-state index in [0.29, 0.717) is 12.4 Å². The first kappa shape index (κ1) is 21.1. The largest absolute Gasteiger partial charge is 0.443 e. The minimum atomic E-state index is -0.580. The highest BCUT2D eigenvalue weighted by molar-refractivity contribution is 5.87. The number of carbonyl (C=O) groups is 1. The van der Waals surface area contributed by atoms with Crippen LogP contribution in [0.15, 0.2) is 36.5 Å². The molecule has 3 rings (SSSR count). The van der Waals surface area contributed by atoms with Crippen LogP contribution in [0.5, 0.6) is 0 Å². The van der Waals surface area contributed by atoms with E-state index in [1.807, 2.05) is 39.8 Å². The number of ether oxygens (including phenoxy) is 2. The number of hydrogen-bond donors (Lipinski definition) is 0. The predicted molar refractivity (Wildman–Crippen MR) is 116 cm³/mol. The lowest BCUT2D eigenvalue weighted by atomic mass is 10.1. The third kappa shape index (κ3) is 5.70. The van der Waals surface area contributed by atoms with Crippen molar-refractivity contribution in [1.29, 1.82) is 0 Å². The van der Waals surface area contributed by atoms with Gasteiger partial charge in [-0.15, -0.1) is 0 Å². The van der Waals surface area contributed by atoms with Gasteiger partial charge in [-0.3, -0.25) is 4.90 Å². The SMILES string of the molecule is Cc1cc(CN(C(=O)OC(C)(C)C)c2ncccc2C)cc(N2CCOCC2)c1. The van der Waals surface area contributed by atoms with Crippen LogP contribution >= 0.6 is 0 Å². The van der Waals surface area contributed by atoms with E-state index in [2.05, 4.69) is 35.0 Å². The lowest BCUT2D eigenvalue weighted by Gasteiger charge is -2.30. The molecule has 1 aliphatic rings. The molecule has 0 atom stereocenters. The van der Waals surface area contributed by atoms with Crippen molar-refractivity contribution in [1.82, 2.24) is 4.98 Å². The number of nitrogens with zero attached hydrogens (tertiary/aromatic N) is 3. The van der Waals surface area contributed by atoms with Crippen molar-refractivity contribution in [2.24, 2.45) is 0 Å². The summed E-state index contributed by atoms with van der Waals surface area (Å²) in [6.45, 7) is 13.3. The van der Waals surface area contributed by atoms with Crippen molar-refractivity contribution < 1.29 is 14.3 Å². The van der Waals surface area contributed by atoms with Crippen LogP contribution in [0.2, 0.25) is 0 Å². The highest BCUT2D eigenvalue weighted by atomic mass is 16.6. The summed E-state index contributed by atoms with van der Waals surface area (Å²) in [7, 11) is 0. The Bertz CT molecular complexity index is 855. The number of aryl methyl sites for hydroxylation is 2. The van der Waals surface area contributed by atoms with Gasteiger partial charge in [-0.25, -0.2) is 9.78 Å². The molecule has 0 unspecified atom stereocenters. The molecule has 6 nitrogen and oxygen atoms in total. The normalized spacial score (nSPS) is 14.6. The fourth-order valence-electron chi connectivity index (χ4n) is 3.42. The molecule has 0 saturated carbocycles. The summed E-state index contributed by atoms with van der Waals surface area (Å²) in [5.41, 5.74) is 3.71. The molecule has 1 saturated heterocycles. The van der Waals surface area contributed by atoms with Gasteiger partial charge in [0.05, 0.1) is 19.8 Å². The molecule has 0 radical (unpaired) electrons. The average Bonchev–Trinajstić information content (AvgIpc) is 2.66. The molecule has 1 amide bonds. The Kier molecular flexibility index (Phi) is 6.42. The third-order valence-corrected chi connectivity index (χ3v) is 4.69. The van der Waals surface area contributed by atoms with Crippen LogP contribution in [0.4, 0.5) is 16.3 Å². The maximum Gasteiger partial charge on any atom is 0.416 e. The second kappa shape index (κ2) is 8.82. The van der Waals surface area contributed by atoms with E-state index in [1.165, 1.54) is 0 Å². The standard InChI is InChI=1S/C23H31N3O3/c1-17-13-19(15-20(14-17)25-9-11-28-12-10-25)16-26(22(27)29-23(3,4)5)21-18(2)7-6-8-24-21/h6-8,13-15H,9-12,16H2,1-5H3. The van der Waals surface area contributed by atoms with Crippen LogP contribution < -0.4 is 9.80 Å². The summed E-state index contributed by atoms with van der Waals surface area (Å²) in [6, 6.07) is 10.3. The molecule has 29 heavy (non-hydrogen) atoms. The minimum absolute atomic E-state index is 0.395. The smallest absolute Gasteiger partial charge is 0.416 e. The van der Waals surface area contributed by atoms with Gasteiger partial charge in [-0.1, -0.05) is 12.1 Å². The van der Waals surface area contributed by atoms with Gasteiger partial charge in [-0.05, 0) is 69.5 Å². The molecule has 6 heteroatoms. The Hall–Kier alpha value is -2.60. The number of amides is 1. The van der Waals surface area contributed by atoms with Crippen molar-refractivity contribution in [2.45, 2.75) is 46.8 Å². The Morgan fingerprint density at radius 1 is 1.21 bits per heavy atom. The molecule has 2 aromatic rings.